The van der Waals surface area contributed by atoms with Crippen molar-refractivity contribution in [2.24, 2.45) is 0 Å². The summed E-state index contributed by atoms with van der Waals surface area (Å²) in [7, 11) is 1.60. The van der Waals surface area contributed by atoms with Crippen LogP contribution in [-0.2, 0) is 4.79 Å². The minimum absolute atomic E-state index is 0.139. The van der Waals surface area contributed by atoms with Gasteiger partial charge in [-0.15, -0.1) is 0 Å². The fraction of sp³-hybridized carbons (Fsp3) is 0.217. The average molecular weight is 376 g/mol. The minimum Gasteiger partial charge on any atom is -0.497 e. The van der Waals surface area contributed by atoms with Gasteiger partial charge in [0.25, 0.3) is 0 Å². The molecule has 3 rings (SSSR count). The highest BCUT2D eigenvalue weighted by atomic mass is 16.5. The number of ketones is 1. The molecule has 5 heteroatoms. The number of benzene rings is 2. The summed E-state index contributed by atoms with van der Waals surface area (Å²) in [6.07, 6.45) is 4.99. The van der Waals surface area contributed by atoms with Crippen molar-refractivity contribution in [1.82, 2.24) is 10.2 Å². The predicted octanol–water partition coefficient (Wildman–Crippen LogP) is 4.26. The van der Waals surface area contributed by atoms with Crippen molar-refractivity contribution >= 4 is 17.9 Å². The van der Waals surface area contributed by atoms with E-state index in [-0.39, 0.29) is 11.8 Å². The van der Waals surface area contributed by atoms with E-state index in [1.54, 1.807) is 25.5 Å². The summed E-state index contributed by atoms with van der Waals surface area (Å²) < 4.78 is 5.19. The van der Waals surface area contributed by atoms with Crippen molar-refractivity contribution in [3.8, 4) is 5.75 Å². The van der Waals surface area contributed by atoms with E-state index >= 15 is 0 Å². The zero-order valence-corrected chi connectivity index (χ0v) is 16.3. The lowest BCUT2D eigenvalue weighted by atomic mass is 9.94. The first-order valence-electron chi connectivity index (χ1n) is 9.23. The van der Waals surface area contributed by atoms with E-state index in [9.17, 15) is 9.59 Å². The summed E-state index contributed by atoms with van der Waals surface area (Å²) in [5, 5.41) is 2.93. The molecule has 1 unspecified atom stereocenters. The maximum absolute atomic E-state index is 13.0. The standard InChI is InChI=1S/C23H24N2O3/c1-4-25-15-20(21(26)14-9-17-7-5-16(2)6-8-17)22(24-23(25)27)18-10-12-19(28-3)13-11-18/h5-15,22H,4H2,1-3H3,(H,24,27)/b14-9+. The Hall–Kier alpha value is -3.34. The number of ether oxygens (including phenoxy) is 1. The van der Waals surface area contributed by atoms with Gasteiger partial charge in [-0.3, -0.25) is 4.79 Å². The van der Waals surface area contributed by atoms with Gasteiger partial charge in [0.15, 0.2) is 5.78 Å². The van der Waals surface area contributed by atoms with Crippen molar-refractivity contribution in [3.63, 3.8) is 0 Å². The van der Waals surface area contributed by atoms with E-state index in [1.165, 1.54) is 10.5 Å². The molecule has 0 fully saturated rings. The number of urea groups is 1. The third kappa shape index (κ3) is 4.31. The van der Waals surface area contributed by atoms with Crippen LogP contribution < -0.4 is 10.1 Å². The Balaban J connectivity index is 1.90. The Bertz CT molecular complexity index is 912. The fourth-order valence-electron chi connectivity index (χ4n) is 3.03. The molecule has 0 spiro atoms. The quantitative estimate of drug-likeness (QED) is 0.767. The summed E-state index contributed by atoms with van der Waals surface area (Å²) in [5.41, 5.74) is 3.47. The van der Waals surface area contributed by atoms with Crippen LogP contribution in [0, 0.1) is 6.92 Å². The summed E-state index contributed by atoms with van der Waals surface area (Å²) >= 11 is 0. The topological polar surface area (TPSA) is 58.6 Å². The van der Waals surface area contributed by atoms with Crippen LogP contribution in [0.5, 0.6) is 5.75 Å². The maximum Gasteiger partial charge on any atom is 0.322 e. The van der Waals surface area contributed by atoms with E-state index in [0.717, 1.165) is 16.9 Å². The second-order valence-electron chi connectivity index (χ2n) is 6.63. The molecular weight excluding hydrogens is 352 g/mol. The Morgan fingerprint density at radius 1 is 1.14 bits per heavy atom. The molecule has 1 aliphatic heterocycles. The first-order chi connectivity index (χ1) is 13.5. The second kappa shape index (κ2) is 8.57. The zero-order valence-electron chi connectivity index (χ0n) is 16.3. The van der Waals surface area contributed by atoms with Crippen LogP contribution in [0.25, 0.3) is 6.08 Å². The molecule has 1 heterocycles. The number of aryl methyl sites for hydroxylation is 1. The SMILES string of the molecule is CCN1C=C(C(=O)/C=C/c2ccc(C)cc2)C(c2ccc(OC)cc2)NC1=O. The molecule has 28 heavy (non-hydrogen) atoms. The molecule has 1 aliphatic rings. The number of hydrogen-bond acceptors (Lipinski definition) is 3. The number of methoxy groups -OCH3 is 1. The maximum atomic E-state index is 13.0. The van der Waals surface area contributed by atoms with Gasteiger partial charge >= 0.3 is 6.03 Å². The van der Waals surface area contributed by atoms with Crippen molar-refractivity contribution < 1.29 is 14.3 Å². The first kappa shape index (κ1) is 19.4. The van der Waals surface area contributed by atoms with Crippen molar-refractivity contribution in [2.75, 3.05) is 13.7 Å². The van der Waals surface area contributed by atoms with E-state index in [0.29, 0.717) is 12.1 Å². The lowest BCUT2D eigenvalue weighted by Crippen LogP contribution is -2.44. The molecule has 144 valence electrons. The van der Waals surface area contributed by atoms with Gasteiger partial charge < -0.3 is 15.0 Å². The van der Waals surface area contributed by atoms with E-state index in [1.807, 2.05) is 62.4 Å². The second-order valence-corrected chi connectivity index (χ2v) is 6.63. The lowest BCUT2D eigenvalue weighted by Gasteiger charge is -2.31. The fourth-order valence-corrected chi connectivity index (χ4v) is 3.03. The van der Waals surface area contributed by atoms with Crippen LogP contribution >= 0.6 is 0 Å². The molecule has 0 aliphatic carbocycles. The van der Waals surface area contributed by atoms with Gasteiger partial charge in [0.05, 0.1) is 13.2 Å². The Morgan fingerprint density at radius 2 is 1.82 bits per heavy atom. The lowest BCUT2D eigenvalue weighted by molar-refractivity contribution is -0.111. The summed E-state index contributed by atoms with van der Waals surface area (Å²) in [6.45, 7) is 4.38. The largest absolute Gasteiger partial charge is 0.497 e. The van der Waals surface area contributed by atoms with Gasteiger partial charge in [-0.05, 0) is 43.2 Å². The highest BCUT2D eigenvalue weighted by Crippen LogP contribution is 2.28. The summed E-state index contributed by atoms with van der Waals surface area (Å²) in [5.74, 6) is 0.581. The van der Waals surface area contributed by atoms with Crippen LogP contribution in [0.3, 0.4) is 0 Å². The monoisotopic (exact) mass is 376 g/mol. The molecule has 1 N–H and O–H groups in total. The van der Waals surface area contributed by atoms with E-state index in [4.69, 9.17) is 4.74 Å². The summed E-state index contributed by atoms with van der Waals surface area (Å²) in [4.78, 5) is 26.8. The number of rotatable bonds is 6. The Morgan fingerprint density at radius 3 is 2.43 bits per heavy atom. The van der Waals surface area contributed by atoms with Crippen molar-refractivity contribution in [2.45, 2.75) is 19.9 Å². The third-order valence-electron chi connectivity index (χ3n) is 4.71. The minimum atomic E-state index is -0.503. The van der Waals surface area contributed by atoms with Crippen molar-refractivity contribution in [1.29, 1.82) is 0 Å². The molecule has 1 atom stereocenters. The number of hydrogen-bond donors (Lipinski definition) is 1. The third-order valence-corrected chi connectivity index (χ3v) is 4.71. The Kier molecular flexibility index (Phi) is 5.94. The van der Waals surface area contributed by atoms with Crippen LogP contribution in [0.2, 0.25) is 0 Å². The van der Waals surface area contributed by atoms with Gasteiger partial charge in [0.2, 0.25) is 0 Å². The van der Waals surface area contributed by atoms with Crippen LogP contribution in [0.15, 0.2) is 66.4 Å². The molecule has 0 saturated carbocycles. The van der Waals surface area contributed by atoms with Crippen LogP contribution in [-0.4, -0.2) is 30.4 Å². The van der Waals surface area contributed by atoms with E-state index < -0.39 is 6.04 Å². The number of amides is 2. The number of nitrogens with zero attached hydrogens (tertiary/aromatic N) is 1. The Labute approximate surface area is 165 Å². The molecule has 0 saturated heterocycles. The molecule has 0 radical (unpaired) electrons. The number of carbonyl (C=O) groups is 2. The smallest absolute Gasteiger partial charge is 0.322 e. The average Bonchev–Trinajstić information content (AvgIpc) is 2.73. The first-order valence-corrected chi connectivity index (χ1v) is 9.23. The highest BCUT2D eigenvalue weighted by molar-refractivity contribution is 6.08. The van der Waals surface area contributed by atoms with Crippen LogP contribution in [0.4, 0.5) is 4.79 Å². The molecule has 2 aromatic rings. The van der Waals surface area contributed by atoms with E-state index in [2.05, 4.69) is 5.32 Å². The molecular formula is C23H24N2O3. The van der Waals surface area contributed by atoms with Crippen molar-refractivity contribution in [3.05, 3.63) is 83.1 Å². The normalized spacial score (nSPS) is 16.7. The molecule has 5 nitrogen and oxygen atoms in total. The molecule has 0 aromatic heterocycles. The molecule has 2 aromatic carbocycles. The molecule has 2 amide bonds. The number of nitrogens with one attached hydrogen (secondary N) is 1. The zero-order chi connectivity index (χ0) is 20.1. The van der Waals surface area contributed by atoms with Gasteiger partial charge in [0, 0.05) is 18.3 Å². The number of carbonyl (C=O) groups excluding carboxylic acids is 2. The van der Waals surface area contributed by atoms with Gasteiger partial charge in [-0.1, -0.05) is 48.0 Å². The van der Waals surface area contributed by atoms with Gasteiger partial charge in [-0.2, -0.15) is 0 Å². The predicted molar refractivity (Wildman–Crippen MR) is 110 cm³/mol. The molecule has 0 bridgehead atoms. The summed E-state index contributed by atoms with van der Waals surface area (Å²) in [6, 6.07) is 14.6. The van der Waals surface area contributed by atoms with Gasteiger partial charge in [-0.25, -0.2) is 4.79 Å². The van der Waals surface area contributed by atoms with Gasteiger partial charge in [0.1, 0.15) is 5.75 Å². The number of allylic oxidation sites excluding steroid dienone is 1. The highest BCUT2D eigenvalue weighted by Gasteiger charge is 2.30. The van der Waals surface area contributed by atoms with Crippen LogP contribution in [0.1, 0.15) is 29.7 Å².